The molecule has 2 atom stereocenters. The highest BCUT2D eigenvalue weighted by atomic mass is 19.1. The van der Waals surface area contributed by atoms with Crippen LogP contribution in [0, 0.1) is 12.7 Å². The Labute approximate surface area is 135 Å². The first-order valence-corrected chi connectivity index (χ1v) is 8.45. The number of benzene rings is 1. The number of halogens is 1. The highest BCUT2D eigenvalue weighted by Crippen LogP contribution is 2.53. The minimum atomic E-state index is -0.259. The normalized spacial score (nSPS) is 26.2. The number of aryl methyl sites for hydroxylation is 1. The smallest absolute Gasteiger partial charge is 0.229 e. The summed E-state index contributed by atoms with van der Waals surface area (Å²) in [4.78, 5) is 4.69. The molecule has 0 unspecified atom stereocenters. The van der Waals surface area contributed by atoms with Crippen LogP contribution >= 0.6 is 0 Å². The van der Waals surface area contributed by atoms with Gasteiger partial charge in [-0.3, -0.25) is 0 Å². The van der Waals surface area contributed by atoms with Gasteiger partial charge in [-0.25, -0.2) is 4.39 Å². The van der Waals surface area contributed by atoms with Gasteiger partial charge < -0.3 is 10.3 Å². The van der Waals surface area contributed by atoms with Crippen LogP contribution in [0.1, 0.15) is 67.3 Å². The van der Waals surface area contributed by atoms with Crippen LogP contribution in [0.5, 0.6) is 0 Å². The second-order valence-corrected chi connectivity index (χ2v) is 7.12. The first-order valence-electron chi connectivity index (χ1n) is 8.45. The minimum absolute atomic E-state index is 0.209. The first-order chi connectivity index (χ1) is 11.1. The molecule has 0 bridgehead atoms. The molecule has 0 saturated heterocycles. The Morgan fingerprint density at radius 3 is 2.87 bits per heavy atom. The molecule has 5 heteroatoms. The van der Waals surface area contributed by atoms with E-state index in [2.05, 4.69) is 5.16 Å². The minimum Gasteiger partial charge on any atom is -0.339 e. The number of rotatable bonds is 3. The summed E-state index contributed by atoms with van der Waals surface area (Å²) in [6, 6.07) is 5.17. The van der Waals surface area contributed by atoms with E-state index < -0.39 is 0 Å². The number of aromatic nitrogens is 2. The van der Waals surface area contributed by atoms with Gasteiger partial charge in [-0.05, 0) is 62.3 Å². The summed E-state index contributed by atoms with van der Waals surface area (Å²) in [5, 5.41) is 4.25. The van der Waals surface area contributed by atoms with E-state index in [-0.39, 0.29) is 23.2 Å². The van der Waals surface area contributed by atoms with Crippen molar-refractivity contribution in [2.75, 3.05) is 0 Å². The summed E-state index contributed by atoms with van der Waals surface area (Å²) in [5.74, 6) is 1.47. The third-order valence-corrected chi connectivity index (χ3v) is 5.40. The van der Waals surface area contributed by atoms with Gasteiger partial charge in [-0.2, -0.15) is 4.98 Å². The molecular weight excluding hydrogens is 293 g/mol. The molecular formula is C18H22FN3O. The van der Waals surface area contributed by atoms with Crippen molar-refractivity contribution in [3.8, 4) is 0 Å². The molecule has 2 aromatic rings. The quantitative estimate of drug-likeness (QED) is 0.940. The van der Waals surface area contributed by atoms with E-state index in [0.717, 1.165) is 49.7 Å². The lowest BCUT2D eigenvalue weighted by Gasteiger charge is -2.23. The van der Waals surface area contributed by atoms with Crippen molar-refractivity contribution in [1.82, 2.24) is 10.1 Å². The van der Waals surface area contributed by atoms with Gasteiger partial charge in [0.2, 0.25) is 5.89 Å². The molecule has 0 radical (unpaired) electrons. The molecule has 1 heterocycles. The standard InChI is InChI=1S/C18H22FN3O/c1-11-5-6-13(19)10-15(11)18(7-8-18)17-21-16(23-22-17)12-3-2-4-14(20)9-12/h5-6,10,12,14H,2-4,7-9,20H2,1H3/t12-,14+/m1/s1. The Hall–Kier alpha value is -1.75. The molecule has 4 rings (SSSR count). The van der Waals surface area contributed by atoms with E-state index in [0.29, 0.717) is 11.7 Å². The fourth-order valence-corrected chi connectivity index (χ4v) is 3.90. The molecule has 2 aliphatic carbocycles. The summed E-state index contributed by atoms with van der Waals surface area (Å²) in [6.07, 6.45) is 6.04. The number of nitrogens with zero attached hydrogens (tertiary/aromatic N) is 2. The van der Waals surface area contributed by atoms with Crippen molar-refractivity contribution in [2.45, 2.75) is 62.8 Å². The predicted octanol–water partition coefficient (Wildman–Crippen LogP) is 3.58. The fraction of sp³-hybridized carbons (Fsp3) is 0.556. The zero-order valence-corrected chi connectivity index (χ0v) is 13.4. The third kappa shape index (κ3) is 2.57. The summed E-state index contributed by atoms with van der Waals surface area (Å²) in [6.45, 7) is 2.01. The highest BCUT2D eigenvalue weighted by molar-refractivity contribution is 5.44. The van der Waals surface area contributed by atoms with Crippen molar-refractivity contribution in [3.63, 3.8) is 0 Å². The van der Waals surface area contributed by atoms with Crippen molar-refractivity contribution in [2.24, 2.45) is 5.73 Å². The molecule has 4 nitrogen and oxygen atoms in total. The van der Waals surface area contributed by atoms with Gasteiger partial charge in [-0.15, -0.1) is 0 Å². The summed E-state index contributed by atoms with van der Waals surface area (Å²) < 4.78 is 19.2. The van der Waals surface area contributed by atoms with Crippen LogP contribution in [0.3, 0.4) is 0 Å². The van der Waals surface area contributed by atoms with Gasteiger partial charge in [0.1, 0.15) is 5.82 Å². The van der Waals surface area contributed by atoms with Gasteiger partial charge in [0.05, 0.1) is 5.41 Å². The average Bonchev–Trinajstić information content (AvgIpc) is 3.19. The molecule has 1 aromatic heterocycles. The van der Waals surface area contributed by atoms with Gasteiger partial charge >= 0.3 is 0 Å². The Bertz CT molecular complexity index is 723. The monoisotopic (exact) mass is 315 g/mol. The molecule has 2 aliphatic rings. The van der Waals surface area contributed by atoms with Crippen LogP contribution in [0.25, 0.3) is 0 Å². The Morgan fingerprint density at radius 2 is 2.13 bits per heavy atom. The first kappa shape index (κ1) is 14.8. The molecule has 2 saturated carbocycles. The summed E-state index contributed by atoms with van der Waals surface area (Å²) in [7, 11) is 0. The number of hydrogen-bond donors (Lipinski definition) is 1. The molecule has 2 fully saturated rings. The predicted molar refractivity (Wildman–Crippen MR) is 84.6 cm³/mol. The van der Waals surface area contributed by atoms with E-state index in [1.165, 1.54) is 6.07 Å². The molecule has 0 amide bonds. The number of hydrogen-bond acceptors (Lipinski definition) is 4. The fourth-order valence-electron chi connectivity index (χ4n) is 3.90. The van der Waals surface area contributed by atoms with E-state index in [1.807, 2.05) is 13.0 Å². The average molecular weight is 315 g/mol. The van der Waals surface area contributed by atoms with Gasteiger partial charge in [0.25, 0.3) is 0 Å². The maximum Gasteiger partial charge on any atom is 0.229 e. The lowest BCUT2D eigenvalue weighted by atomic mass is 9.86. The molecule has 23 heavy (non-hydrogen) atoms. The number of nitrogens with two attached hydrogens (primary N) is 1. The van der Waals surface area contributed by atoms with Crippen LogP contribution in [-0.4, -0.2) is 16.2 Å². The second-order valence-electron chi connectivity index (χ2n) is 7.12. The van der Waals surface area contributed by atoms with Gasteiger partial charge in [0.15, 0.2) is 5.82 Å². The van der Waals surface area contributed by atoms with Crippen LogP contribution in [0.15, 0.2) is 22.7 Å². The maximum absolute atomic E-state index is 13.7. The van der Waals surface area contributed by atoms with E-state index in [9.17, 15) is 4.39 Å². The largest absolute Gasteiger partial charge is 0.339 e. The van der Waals surface area contributed by atoms with Crippen molar-refractivity contribution >= 4 is 0 Å². The maximum atomic E-state index is 13.7. The van der Waals surface area contributed by atoms with Crippen LogP contribution in [0.4, 0.5) is 4.39 Å². The Morgan fingerprint density at radius 1 is 1.30 bits per heavy atom. The Kier molecular flexibility index (Phi) is 3.48. The Balaban J connectivity index is 1.65. The van der Waals surface area contributed by atoms with Gasteiger partial charge in [0, 0.05) is 12.0 Å². The zero-order chi connectivity index (χ0) is 16.0. The third-order valence-electron chi connectivity index (χ3n) is 5.40. The molecule has 2 N–H and O–H groups in total. The zero-order valence-electron chi connectivity index (χ0n) is 13.4. The second kappa shape index (κ2) is 5.41. The van der Waals surface area contributed by atoms with Crippen molar-refractivity contribution in [3.05, 3.63) is 46.9 Å². The summed E-state index contributed by atoms with van der Waals surface area (Å²) in [5.41, 5.74) is 7.87. The highest BCUT2D eigenvalue weighted by Gasteiger charge is 2.51. The van der Waals surface area contributed by atoms with E-state index in [4.69, 9.17) is 15.2 Å². The van der Waals surface area contributed by atoms with E-state index >= 15 is 0 Å². The van der Waals surface area contributed by atoms with Gasteiger partial charge in [-0.1, -0.05) is 17.6 Å². The van der Waals surface area contributed by atoms with E-state index in [1.54, 1.807) is 6.07 Å². The molecule has 0 spiro atoms. The van der Waals surface area contributed by atoms with Crippen LogP contribution in [0.2, 0.25) is 0 Å². The van der Waals surface area contributed by atoms with Crippen molar-refractivity contribution < 1.29 is 8.91 Å². The van der Waals surface area contributed by atoms with Crippen LogP contribution < -0.4 is 5.73 Å². The molecule has 0 aliphatic heterocycles. The lowest BCUT2D eigenvalue weighted by Crippen LogP contribution is -2.27. The molecule has 122 valence electrons. The SMILES string of the molecule is Cc1ccc(F)cc1C1(c2noc([C@@H]3CCC[C@H](N)C3)n2)CC1. The molecule has 1 aromatic carbocycles. The lowest BCUT2D eigenvalue weighted by molar-refractivity contribution is 0.297. The van der Waals surface area contributed by atoms with Crippen LogP contribution in [-0.2, 0) is 5.41 Å². The summed E-state index contributed by atoms with van der Waals surface area (Å²) >= 11 is 0. The topological polar surface area (TPSA) is 64.9 Å². The van der Waals surface area contributed by atoms with Crippen molar-refractivity contribution in [1.29, 1.82) is 0 Å².